The molecule has 4 nitrogen and oxygen atoms in total. The number of benzene rings is 2. The molecule has 1 amide bonds. The Kier molecular flexibility index (Phi) is 4.29. The molecule has 0 radical (unpaired) electrons. The van der Waals surface area contributed by atoms with E-state index in [-0.39, 0.29) is 6.09 Å². The van der Waals surface area contributed by atoms with Gasteiger partial charge >= 0.3 is 6.09 Å². The summed E-state index contributed by atoms with van der Waals surface area (Å²) in [6, 6.07) is 18.1. The van der Waals surface area contributed by atoms with Crippen LogP contribution >= 0.6 is 11.6 Å². The lowest BCUT2D eigenvalue weighted by Crippen LogP contribution is -2.26. The number of amides is 1. The number of carbonyl (C=O) groups is 1. The molecule has 0 saturated carbocycles. The third kappa shape index (κ3) is 2.85. The van der Waals surface area contributed by atoms with Crippen LogP contribution in [0.25, 0.3) is 22.3 Å². The summed E-state index contributed by atoms with van der Waals surface area (Å²) >= 11 is 6.15. The van der Waals surface area contributed by atoms with Crippen molar-refractivity contribution in [2.75, 3.05) is 18.1 Å². The maximum Gasteiger partial charge on any atom is 0.415 e. The van der Waals surface area contributed by atoms with Crippen molar-refractivity contribution in [2.45, 2.75) is 19.3 Å². The van der Waals surface area contributed by atoms with E-state index in [1.54, 1.807) is 4.90 Å². The van der Waals surface area contributed by atoms with Crippen LogP contribution < -0.4 is 4.90 Å². The first-order valence-electron chi connectivity index (χ1n) is 9.54. The van der Waals surface area contributed by atoms with Crippen LogP contribution in [-0.4, -0.2) is 24.2 Å². The molecular formula is C23H19ClN2O2. The monoisotopic (exact) mass is 390 g/mol. The first kappa shape index (κ1) is 17.3. The van der Waals surface area contributed by atoms with Crippen molar-refractivity contribution in [3.8, 4) is 22.3 Å². The van der Waals surface area contributed by atoms with Crippen LogP contribution in [0.2, 0.25) is 5.02 Å². The number of hydrogen-bond donors (Lipinski definition) is 0. The highest BCUT2D eigenvalue weighted by molar-refractivity contribution is 6.30. The highest BCUT2D eigenvalue weighted by Crippen LogP contribution is 2.45. The molecule has 2 aliphatic rings. The zero-order valence-corrected chi connectivity index (χ0v) is 16.1. The SMILES string of the molecule is O=C1OCCN1c1nc2c(c(-c3ccc(Cl)cc3)c1-c1ccccc1)CCC2. The van der Waals surface area contributed by atoms with E-state index < -0.39 is 0 Å². The zero-order valence-electron chi connectivity index (χ0n) is 15.3. The average molecular weight is 391 g/mol. The van der Waals surface area contributed by atoms with E-state index in [2.05, 4.69) is 24.3 Å². The van der Waals surface area contributed by atoms with Gasteiger partial charge in [-0.2, -0.15) is 0 Å². The minimum absolute atomic E-state index is 0.329. The Morgan fingerprint density at radius 3 is 2.39 bits per heavy atom. The predicted molar refractivity (Wildman–Crippen MR) is 111 cm³/mol. The normalized spacial score (nSPS) is 15.6. The van der Waals surface area contributed by atoms with Crippen molar-refractivity contribution in [3.63, 3.8) is 0 Å². The molecule has 2 aromatic carbocycles. The lowest BCUT2D eigenvalue weighted by molar-refractivity contribution is 0.181. The Morgan fingerprint density at radius 2 is 1.68 bits per heavy atom. The largest absolute Gasteiger partial charge is 0.447 e. The molecule has 2 heterocycles. The second kappa shape index (κ2) is 6.95. The van der Waals surface area contributed by atoms with Crippen LogP contribution in [0.4, 0.5) is 10.6 Å². The van der Waals surface area contributed by atoms with Crippen LogP contribution in [0.5, 0.6) is 0 Å². The highest BCUT2D eigenvalue weighted by atomic mass is 35.5. The van der Waals surface area contributed by atoms with Gasteiger partial charge in [0.2, 0.25) is 0 Å². The Balaban J connectivity index is 1.84. The molecule has 1 fully saturated rings. The molecule has 1 aromatic heterocycles. The van der Waals surface area contributed by atoms with Gasteiger partial charge in [-0.15, -0.1) is 0 Å². The Morgan fingerprint density at radius 1 is 0.929 bits per heavy atom. The smallest absolute Gasteiger partial charge is 0.415 e. The fourth-order valence-electron chi connectivity index (χ4n) is 4.16. The minimum Gasteiger partial charge on any atom is -0.447 e. The predicted octanol–water partition coefficient (Wildman–Crippen LogP) is 5.51. The van der Waals surface area contributed by atoms with Crippen molar-refractivity contribution >= 4 is 23.5 Å². The molecule has 0 N–H and O–H groups in total. The fraction of sp³-hybridized carbons (Fsp3) is 0.217. The van der Waals surface area contributed by atoms with Gasteiger partial charge in [0.1, 0.15) is 12.4 Å². The molecule has 0 unspecified atom stereocenters. The topological polar surface area (TPSA) is 42.4 Å². The molecule has 1 aliphatic carbocycles. The van der Waals surface area contributed by atoms with E-state index in [9.17, 15) is 4.79 Å². The second-order valence-electron chi connectivity index (χ2n) is 7.10. The first-order valence-corrected chi connectivity index (χ1v) is 9.91. The minimum atomic E-state index is -0.329. The standard InChI is InChI=1S/C23H19ClN2O2/c24-17-11-9-16(10-12-17)20-18-7-4-8-19(18)25-22(26-13-14-28-23(26)27)21(20)15-5-2-1-3-6-15/h1-3,5-6,9-12H,4,7-8,13-14H2. The molecule has 1 aliphatic heterocycles. The van der Waals surface area contributed by atoms with E-state index in [0.717, 1.165) is 47.2 Å². The van der Waals surface area contributed by atoms with Gasteiger partial charge in [-0.25, -0.2) is 9.78 Å². The summed E-state index contributed by atoms with van der Waals surface area (Å²) < 4.78 is 5.22. The third-order valence-electron chi connectivity index (χ3n) is 5.42. The van der Waals surface area contributed by atoms with Crippen molar-refractivity contribution in [1.29, 1.82) is 0 Å². The van der Waals surface area contributed by atoms with E-state index in [1.807, 2.05) is 30.3 Å². The molecule has 0 spiro atoms. The number of rotatable bonds is 3. The molecule has 0 atom stereocenters. The number of halogens is 1. The number of nitrogens with zero attached hydrogens (tertiary/aromatic N) is 2. The van der Waals surface area contributed by atoms with Crippen LogP contribution in [-0.2, 0) is 17.6 Å². The lowest BCUT2D eigenvalue weighted by atomic mass is 9.90. The zero-order chi connectivity index (χ0) is 19.1. The number of aryl methyl sites for hydroxylation is 1. The Hall–Kier alpha value is -2.85. The number of pyridine rings is 1. The summed E-state index contributed by atoms with van der Waals surface area (Å²) in [6.07, 6.45) is 2.67. The molecule has 140 valence electrons. The van der Waals surface area contributed by atoms with Gasteiger partial charge in [0.15, 0.2) is 0 Å². The van der Waals surface area contributed by atoms with E-state index in [0.29, 0.717) is 24.0 Å². The maximum atomic E-state index is 12.4. The molecule has 1 saturated heterocycles. The van der Waals surface area contributed by atoms with Crippen LogP contribution in [0.3, 0.4) is 0 Å². The number of fused-ring (bicyclic) bond motifs is 1. The summed E-state index contributed by atoms with van der Waals surface area (Å²) in [5.74, 6) is 0.694. The first-order chi connectivity index (χ1) is 13.7. The number of cyclic esters (lactones) is 1. The van der Waals surface area contributed by atoms with Gasteiger partial charge in [0.05, 0.1) is 6.54 Å². The van der Waals surface area contributed by atoms with Crippen molar-refractivity contribution < 1.29 is 9.53 Å². The number of carbonyl (C=O) groups excluding carboxylic acids is 1. The average Bonchev–Trinajstić information content (AvgIpc) is 3.36. The molecule has 3 aromatic rings. The molecule has 5 heteroatoms. The summed E-state index contributed by atoms with van der Waals surface area (Å²) in [7, 11) is 0. The second-order valence-corrected chi connectivity index (χ2v) is 7.54. The Bertz CT molecular complexity index is 1050. The van der Waals surface area contributed by atoms with Gasteiger partial charge in [-0.05, 0) is 53.6 Å². The summed E-state index contributed by atoms with van der Waals surface area (Å²) in [6.45, 7) is 0.909. The maximum absolute atomic E-state index is 12.4. The molecular weight excluding hydrogens is 372 g/mol. The molecule has 5 rings (SSSR count). The Labute approximate surface area is 168 Å². The summed E-state index contributed by atoms with van der Waals surface area (Å²) in [4.78, 5) is 19.0. The molecule has 0 bridgehead atoms. The lowest BCUT2D eigenvalue weighted by Gasteiger charge is -2.23. The van der Waals surface area contributed by atoms with Gasteiger partial charge in [0, 0.05) is 16.3 Å². The van der Waals surface area contributed by atoms with E-state index in [4.69, 9.17) is 21.3 Å². The number of ether oxygens (including phenoxy) is 1. The third-order valence-corrected chi connectivity index (χ3v) is 5.67. The number of hydrogen-bond acceptors (Lipinski definition) is 3. The van der Waals surface area contributed by atoms with Crippen molar-refractivity contribution in [2.24, 2.45) is 0 Å². The summed E-state index contributed by atoms with van der Waals surface area (Å²) in [5.41, 5.74) is 6.64. The fourth-order valence-corrected chi connectivity index (χ4v) is 4.29. The van der Waals surface area contributed by atoms with Crippen LogP contribution in [0, 0.1) is 0 Å². The highest BCUT2D eigenvalue weighted by Gasteiger charge is 2.32. The van der Waals surface area contributed by atoms with Crippen molar-refractivity contribution in [3.05, 3.63) is 70.9 Å². The number of aromatic nitrogens is 1. The van der Waals surface area contributed by atoms with Crippen molar-refractivity contribution in [1.82, 2.24) is 4.98 Å². The van der Waals surface area contributed by atoms with Crippen LogP contribution in [0.15, 0.2) is 54.6 Å². The molecule has 28 heavy (non-hydrogen) atoms. The van der Waals surface area contributed by atoms with E-state index in [1.165, 1.54) is 5.56 Å². The van der Waals surface area contributed by atoms with Gasteiger partial charge in [-0.3, -0.25) is 4.90 Å². The van der Waals surface area contributed by atoms with Gasteiger partial charge in [0.25, 0.3) is 0 Å². The van der Waals surface area contributed by atoms with E-state index >= 15 is 0 Å². The number of anilines is 1. The summed E-state index contributed by atoms with van der Waals surface area (Å²) in [5, 5.41) is 0.707. The van der Waals surface area contributed by atoms with Crippen LogP contribution in [0.1, 0.15) is 17.7 Å². The van der Waals surface area contributed by atoms with Gasteiger partial charge in [-0.1, -0.05) is 54.1 Å². The quantitative estimate of drug-likeness (QED) is 0.591. The van der Waals surface area contributed by atoms with Gasteiger partial charge < -0.3 is 4.74 Å².